The van der Waals surface area contributed by atoms with Gasteiger partial charge in [0.2, 0.25) is 5.13 Å². The van der Waals surface area contributed by atoms with Gasteiger partial charge in [-0.25, -0.2) is 0 Å². The molecule has 1 N–H and O–H groups in total. The van der Waals surface area contributed by atoms with Crippen LogP contribution in [-0.2, 0) is 6.54 Å². The Bertz CT molecular complexity index is 865. The molecule has 0 radical (unpaired) electrons. The number of hydrogen-bond donors (Lipinski definition) is 1. The van der Waals surface area contributed by atoms with Gasteiger partial charge in [0.05, 0.1) is 6.54 Å². The van der Waals surface area contributed by atoms with E-state index in [1.807, 2.05) is 0 Å². The van der Waals surface area contributed by atoms with Crippen molar-refractivity contribution < 1.29 is 9.21 Å². The Morgan fingerprint density at radius 1 is 1.32 bits per heavy atom. The topological polar surface area (TPSA) is 90.0 Å². The molecule has 7 nitrogen and oxygen atoms in total. The van der Waals surface area contributed by atoms with Gasteiger partial charge in [0.1, 0.15) is 10.8 Å². The second kappa shape index (κ2) is 5.94. The van der Waals surface area contributed by atoms with Crippen LogP contribution in [0, 0.1) is 6.92 Å². The SMILES string of the molecule is Cc1nnc(NC(=O)c2ccc(Cn3ccccc3=O)o2)s1. The Balaban J connectivity index is 1.72. The summed E-state index contributed by atoms with van der Waals surface area (Å²) in [5.74, 6) is 0.279. The molecule has 3 heterocycles. The molecule has 0 unspecified atom stereocenters. The Kier molecular flexibility index (Phi) is 3.84. The van der Waals surface area contributed by atoms with Crippen LogP contribution in [0.2, 0.25) is 0 Å². The Morgan fingerprint density at radius 3 is 2.91 bits per heavy atom. The van der Waals surface area contributed by atoms with E-state index in [9.17, 15) is 9.59 Å². The second-order valence-corrected chi connectivity index (χ2v) is 5.69. The summed E-state index contributed by atoms with van der Waals surface area (Å²) < 4.78 is 6.96. The van der Waals surface area contributed by atoms with E-state index in [1.165, 1.54) is 22.0 Å². The second-order valence-electron chi connectivity index (χ2n) is 4.51. The van der Waals surface area contributed by atoms with Gasteiger partial charge in [-0.2, -0.15) is 0 Å². The van der Waals surface area contributed by atoms with Gasteiger partial charge in [-0.05, 0) is 25.1 Å². The highest BCUT2D eigenvalue weighted by Crippen LogP contribution is 2.16. The number of hydrogen-bond acceptors (Lipinski definition) is 6. The van der Waals surface area contributed by atoms with E-state index >= 15 is 0 Å². The van der Waals surface area contributed by atoms with Crippen molar-refractivity contribution >= 4 is 22.4 Å². The van der Waals surface area contributed by atoms with E-state index in [1.54, 1.807) is 37.4 Å². The zero-order valence-electron chi connectivity index (χ0n) is 11.6. The number of nitrogens with one attached hydrogen (secondary N) is 1. The lowest BCUT2D eigenvalue weighted by Crippen LogP contribution is -2.18. The fourth-order valence-corrected chi connectivity index (χ4v) is 2.44. The highest BCUT2D eigenvalue weighted by molar-refractivity contribution is 7.15. The zero-order valence-corrected chi connectivity index (χ0v) is 12.5. The number of rotatable bonds is 4. The molecule has 22 heavy (non-hydrogen) atoms. The maximum atomic E-state index is 12.0. The smallest absolute Gasteiger partial charge is 0.293 e. The van der Waals surface area contributed by atoms with E-state index in [4.69, 9.17) is 4.42 Å². The van der Waals surface area contributed by atoms with Crippen LogP contribution in [0.25, 0.3) is 0 Å². The molecule has 0 bridgehead atoms. The molecule has 8 heteroatoms. The summed E-state index contributed by atoms with van der Waals surface area (Å²) in [5, 5.41) is 11.4. The van der Waals surface area contributed by atoms with Crippen molar-refractivity contribution in [1.29, 1.82) is 0 Å². The molecular weight excluding hydrogens is 304 g/mol. The number of nitrogens with zero attached hydrogens (tertiary/aromatic N) is 3. The Labute approximate surface area is 129 Å². The lowest BCUT2D eigenvalue weighted by atomic mass is 10.4. The Hall–Kier alpha value is -2.74. The molecule has 0 aliphatic carbocycles. The summed E-state index contributed by atoms with van der Waals surface area (Å²) in [7, 11) is 0. The molecule has 1 amide bonds. The van der Waals surface area contributed by atoms with Gasteiger partial charge in [-0.1, -0.05) is 17.4 Å². The van der Waals surface area contributed by atoms with Crippen molar-refractivity contribution in [2.45, 2.75) is 13.5 Å². The van der Waals surface area contributed by atoms with Crippen molar-refractivity contribution in [1.82, 2.24) is 14.8 Å². The third-order valence-electron chi connectivity index (χ3n) is 2.86. The van der Waals surface area contributed by atoms with Crippen LogP contribution in [0.4, 0.5) is 5.13 Å². The van der Waals surface area contributed by atoms with Gasteiger partial charge in [0.15, 0.2) is 5.76 Å². The summed E-state index contributed by atoms with van der Waals surface area (Å²) in [5.41, 5.74) is -0.130. The third-order valence-corrected chi connectivity index (χ3v) is 3.61. The first-order chi connectivity index (χ1) is 10.6. The van der Waals surface area contributed by atoms with E-state index in [2.05, 4.69) is 15.5 Å². The first-order valence-corrected chi connectivity index (χ1v) is 7.29. The lowest BCUT2D eigenvalue weighted by Gasteiger charge is -2.01. The van der Waals surface area contributed by atoms with Gasteiger partial charge in [0.25, 0.3) is 11.5 Å². The molecule has 0 fully saturated rings. The first kappa shape index (κ1) is 14.2. The maximum absolute atomic E-state index is 12.0. The zero-order chi connectivity index (χ0) is 15.5. The fourth-order valence-electron chi connectivity index (χ4n) is 1.85. The molecule has 0 aromatic carbocycles. The number of carbonyl (C=O) groups is 1. The number of furan rings is 1. The molecule has 0 saturated carbocycles. The van der Waals surface area contributed by atoms with Gasteiger partial charge in [0, 0.05) is 12.3 Å². The molecule has 0 aliphatic heterocycles. The minimum atomic E-state index is -0.400. The molecule has 112 valence electrons. The van der Waals surface area contributed by atoms with Gasteiger partial charge < -0.3 is 8.98 Å². The standard InChI is InChI=1S/C14H12N4O3S/c1-9-16-17-14(22-9)15-13(20)11-6-5-10(21-11)8-18-7-3-2-4-12(18)19/h2-7H,8H2,1H3,(H,15,17,20). The normalized spacial score (nSPS) is 10.6. The Morgan fingerprint density at radius 2 is 2.18 bits per heavy atom. The van der Waals surface area contributed by atoms with Crippen LogP contribution in [0.5, 0.6) is 0 Å². The summed E-state index contributed by atoms with van der Waals surface area (Å²) in [6.07, 6.45) is 1.66. The molecule has 0 spiro atoms. The number of carbonyl (C=O) groups excluding carboxylic acids is 1. The average molecular weight is 316 g/mol. The predicted octanol–water partition coefficient (Wildman–Crippen LogP) is 1.90. The van der Waals surface area contributed by atoms with Gasteiger partial charge >= 0.3 is 0 Å². The first-order valence-electron chi connectivity index (χ1n) is 6.47. The summed E-state index contributed by atoms with van der Waals surface area (Å²) in [4.78, 5) is 23.7. The van der Waals surface area contributed by atoms with Crippen molar-refractivity contribution in [3.8, 4) is 0 Å². The highest BCUT2D eigenvalue weighted by atomic mass is 32.1. The summed E-state index contributed by atoms with van der Waals surface area (Å²) in [6, 6.07) is 8.13. The number of anilines is 1. The maximum Gasteiger partial charge on any atom is 0.293 e. The monoisotopic (exact) mass is 316 g/mol. The third kappa shape index (κ3) is 3.12. The van der Waals surface area contributed by atoms with Crippen LogP contribution in [0.3, 0.4) is 0 Å². The van der Waals surface area contributed by atoms with Gasteiger partial charge in [-0.15, -0.1) is 10.2 Å². The molecule has 3 rings (SSSR count). The van der Waals surface area contributed by atoms with E-state index in [0.717, 1.165) is 5.01 Å². The summed E-state index contributed by atoms with van der Waals surface area (Å²) >= 11 is 1.28. The molecule has 0 saturated heterocycles. The van der Waals surface area contributed by atoms with Crippen LogP contribution < -0.4 is 10.9 Å². The molecule has 0 atom stereocenters. The van der Waals surface area contributed by atoms with Crippen LogP contribution in [-0.4, -0.2) is 20.7 Å². The largest absolute Gasteiger partial charge is 0.454 e. The molecule has 3 aromatic heterocycles. The van der Waals surface area contributed by atoms with Gasteiger partial charge in [-0.3, -0.25) is 14.9 Å². The van der Waals surface area contributed by atoms with Crippen molar-refractivity contribution in [3.05, 3.63) is 63.4 Å². The predicted molar refractivity (Wildman–Crippen MR) is 81.1 cm³/mol. The lowest BCUT2D eigenvalue weighted by molar-refractivity contribution is 0.0994. The number of aryl methyl sites for hydroxylation is 1. The van der Waals surface area contributed by atoms with E-state index < -0.39 is 5.91 Å². The molecule has 0 aliphatic rings. The van der Waals surface area contributed by atoms with E-state index in [-0.39, 0.29) is 17.9 Å². The number of amides is 1. The van der Waals surface area contributed by atoms with Crippen LogP contribution in [0.15, 0.2) is 45.7 Å². The average Bonchev–Trinajstić information content (AvgIpc) is 3.11. The van der Waals surface area contributed by atoms with Crippen molar-refractivity contribution in [2.24, 2.45) is 0 Å². The minimum Gasteiger partial charge on any atom is -0.454 e. The van der Waals surface area contributed by atoms with Crippen molar-refractivity contribution in [3.63, 3.8) is 0 Å². The number of aromatic nitrogens is 3. The minimum absolute atomic E-state index is 0.130. The molecule has 3 aromatic rings. The van der Waals surface area contributed by atoms with Crippen molar-refractivity contribution in [2.75, 3.05) is 5.32 Å². The van der Waals surface area contributed by atoms with E-state index in [0.29, 0.717) is 10.9 Å². The summed E-state index contributed by atoms with van der Waals surface area (Å²) in [6.45, 7) is 2.07. The quantitative estimate of drug-likeness (QED) is 0.794. The highest BCUT2D eigenvalue weighted by Gasteiger charge is 2.13. The van der Waals surface area contributed by atoms with Crippen LogP contribution >= 0.6 is 11.3 Å². The van der Waals surface area contributed by atoms with Crippen LogP contribution in [0.1, 0.15) is 21.3 Å². The number of pyridine rings is 1. The fraction of sp³-hybridized carbons (Fsp3) is 0.143. The molecular formula is C14H12N4O3S.